The summed E-state index contributed by atoms with van der Waals surface area (Å²) in [6, 6.07) is 7.92. The summed E-state index contributed by atoms with van der Waals surface area (Å²) in [5.41, 5.74) is 8.75. The fourth-order valence-electron chi connectivity index (χ4n) is 1.96. The van der Waals surface area contributed by atoms with Crippen LogP contribution in [0.2, 0.25) is 0 Å². The molecule has 0 spiro atoms. The fourth-order valence-corrected chi connectivity index (χ4v) is 2.22. The van der Waals surface area contributed by atoms with Gasteiger partial charge < -0.3 is 16.4 Å². The highest BCUT2D eigenvalue weighted by atomic mass is 79.9. The monoisotopic (exact) mass is 305 g/mol. The lowest BCUT2D eigenvalue weighted by molar-refractivity contribution is 0.758. The molecule has 5 nitrogen and oxygen atoms in total. The van der Waals surface area contributed by atoms with Crippen LogP contribution in [0.4, 0.5) is 17.5 Å². The van der Waals surface area contributed by atoms with E-state index in [-0.39, 0.29) is 0 Å². The van der Waals surface area contributed by atoms with Crippen molar-refractivity contribution in [2.75, 3.05) is 11.1 Å². The van der Waals surface area contributed by atoms with E-state index < -0.39 is 0 Å². The lowest BCUT2D eigenvalue weighted by Crippen LogP contribution is -2.05. The Labute approximate surface area is 113 Å². The lowest BCUT2D eigenvalue weighted by atomic mass is 10.2. The van der Waals surface area contributed by atoms with Crippen LogP contribution in [0.15, 0.2) is 28.7 Å². The van der Waals surface area contributed by atoms with Crippen molar-refractivity contribution >= 4 is 33.4 Å². The van der Waals surface area contributed by atoms with Crippen LogP contribution in [-0.4, -0.2) is 9.97 Å². The Morgan fingerprint density at radius 1 is 1.17 bits per heavy atom. The third-order valence-corrected chi connectivity index (χ3v) is 3.34. The Morgan fingerprint density at radius 3 is 2.72 bits per heavy atom. The molecule has 0 aliphatic carbocycles. The van der Waals surface area contributed by atoms with Crippen LogP contribution in [-0.2, 0) is 13.1 Å². The van der Waals surface area contributed by atoms with E-state index in [9.17, 15) is 0 Å². The van der Waals surface area contributed by atoms with Crippen LogP contribution < -0.4 is 16.4 Å². The van der Waals surface area contributed by atoms with Crippen molar-refractivity contribution in [2.24, 2.45) is 0 Å². The molecule has 2 aromatic rings. The SMILES string of the molecule is Nc1nc2c(c(Nc3ccc(Br)cc3)n1)CNC2. The molecular weight excluding hydrogens is 294 g/mol. The Balaban J connectivity index is 1.95. The van der Waals surface area contributed by atoms with E-state index in [4.69, 9.17) is 5.73 Å². The molecule has 3 rings (SSSR count). The van der Waals surface area contributed by atoms with E-state index in [0.29, 0.717) is 5.95 Å². The number of nitrogens with one attached hydrogen (secondary N) is 2. The summed E-state index contributed by atoms with van der Waals surface area (Å²) < 4.78 is 1.04. The first-order valence-electron chi connectivity index (χ1n) is 5.61. The number of benzene rings is 1. The first-order valence-corrected chi connectivity index (χ1v) is 6.40. The number of nitrogens with two attached hydrogens (primary N) is 1. The first-order chi connectivity index (χ1) is 8.72. The summed E-state index contributed by atoms with van der Waals surface area (Å²) in [4.78, 5) is 8.49. The lowest BCUT2D eigenvalue weighted by Gasteiger charge is -2.10. The maximum absolute atomic E-state index is 5.71. The molecule has 2 heterocycles. The second-order valence-corrected chi connectivity index (χ2v) is 5.01. The van der Waals surface area contributed by atoms with Crippen LogP contribution in [0.5, 0.6) is 0 Å². The van der Waals surface area contributed by atoms with Crippen LogP contribution in [0.1, 0.15) is 11.3 Å². The Hall–Kier alpha value is -1.66. The predicted molar refractivity (Wildman–Crippen MR) is 74.4 cm³/mol. The third kappa shape index (κ3) is 2.16. The molecule has 0 bridgehead atoms. The van der Waals surface area contributed by atoms with Crippen molar-refractivity contribution in [3.05, 3.63) is 40.0 Å². The number of rotatable bonds is 2. The number of nitrogen functional groups attached to an aromatic ring is 1. The van der Waals surface area contributed by atoms with Gasteiger partial charge in [-0.3, -0.25) is 0 Å². The number of hydrogen-bond acceptors (Lipinski definition) is 5. The van der Waals surface area contributed by atoms with Gasteiger partial charge in [-0.15, -0.1) is 0 Å². The van der Waals surface area contributed by atoms with Crippen molar-refractivity contribution < 1.29 is 0 Å². The van der Waals surface area contributed by atoms with Gasteiger partial charge in [-0.2, -0.15) is 4.98 Å². The van der Waals surface area contributed by atoms with Crippen molar-refractivity contribution in [1.29, 1.82) is 0 Å². The molecule has 0 radical (unpaired) electrons. The second kappa shape index (κ2) is 4.55. The molecule has 0 amide bonds. The highest BCUT2D eigenvalue weighted by Crippen LogP contribution is 2.25. The number of fused-ring (bicyclic) bond motifs is 1. The second-order valence-electron chi connectivity index (χ2n) is 4.09. The van der Waals surface area contributed by atoms with Gasteiger partial charge in [0.2, 0.25) is 5.95 Å². The standard InChI is InChI=1S/C12H12BrN5/c13-7-1-3-8(4-2-7)16-11-9-5-15-6-10(9)17-12(14)18-11/h1-4,15H,5-6H2,(H3,14,16,17,18). The maximum Gasteiger partial charge on any atom is 0.222 e. The van der Waals surface area contributed by atoms with E-state index in [0.717, 1.165) is 40.3 Å². The molecule has 0 unspecified atom stereocenters. The highest BCUT2D eigenvalue weighted by molar-refractivity contribution is 9.10. The molecular formula is C12H12BrN5. The van der Waals surface area contributed by atoms with Crippen LogP contribution >= 0.6 is 15.9 Å². The average molecular weight is 306 g/mol. The molecule has 1 aromatic heterocycles. The van der Waals surface area contributed by atoms with Crippen molar-refractivity contribution in [3.8, 4) is 0 Å². The molecule has 0 atom stereocenters. The molecule has 1 aromatic carbocycles. The molecule has 1 aliphatic heterocycles. The summed E-state index contributed by atoms with van der Waals surface area (Å²) in [5, 5.41) is 6.53. The zero-order valence-corrected chi connectivity index (χ0v) is 11.2. The third-order valence-electron chi connectivity index (χ3n) is 2.81. The average Bonchev–Trinajstić information content (AvgIpc) is 2.80. The van der Waals surface area contributed by atoms with E-state index in [1.54, 1.807) is 0 Å². The van der Waals surface area contributed by atoms with Gasteiger partial charge >= 0.3 is 0 Å². The molecule has 0 saturated heterocycles. The molecule has 0 fully saturated rings. The van der Waals surface area contributed by atoms with Crippen molar-refractivity contribution in [2.45, 2.75) is 13.1 Å². The number of nitrogens with zero attached hydrogens (tertiary/aromatic N) is 2. The van der Waals surface area contributed by atoms with Crippen molar-refractivity contribution in [1.82, 2.24) is 15.3 Å². The number of hydrogen-bond donors (Lipinski definition) is 3. The van der Waals surface area contributed by atoms with Gasteiger partial charge in [0.15, 0.2) is 0 Å². The quantitative estimate of drug-likeness (QED) is 0.793. The van der Waals surface area contributed by atoms with Gasteiger partial charge in [-0.25, -0.2) is 4.98 Å². The zero-order valence-electron chi connectivity index (χ0n) is 9.57. The zero-order chi connectivity index (χ0) is 12.5. The van der Waals surface area contributed by atoms with Crippen LogP contribution in [0.3, 0.4) is 0 Å². The maximum atomic E-state index is 5.71. The largest absolute Gasteiger partial charge is 0.368 e. The van der Waals surface area contributed by atoms with Gasteiger partial charge in [-0.05, 0) is 24.3 Å². The first kappa shape index (κ1) is 11.4. The van der Waals surface area contributed by atoms with Gasteiger partial charge in [0.05, 0.1) is 5.69 Å². The summed E-state index contributed by atoms with van der Waals surface area (Å²) in [6.07, 6.45) is 0. The van der Waals surface area contributed by atoms with E-state index in [1.807, 2.05) is 24.3 Å². The Morgan fingerprint density at radius 2 is 1.94 bits per heavy atom. The normalized spacial score (nSPS) is 13.4. The van der Waals surface area contributed by atoms with E-state index in [2.05, 4.69) is 36.5 Å². The van der Waals surface area contributed by atoms with Gasteiger partial charge in [-0.1, -0.05) is 15.9 Å². The smallest absolute Gasteiger partial charge is 0.222 e. The molecule has 1 aliphatic rings. The number of halogens is 1. The summed E-state index contributed by atoms with van der Waals surface area (Å²) >= 11 is 3.41. The molecule has 6 heteroatoms. The molecule has 18 heavy (non-hydrogen) atoms. The minimum Gasteiger partial charge on any atom is -0.368 e. The van der Waals surface area contributed by atoms with Gasteiger partial charge in [0.25, 0.3) is 0 Å². The molecule has 92 valence electrons. The summed E-state index contributed by atoms with van der Waals surface area (Å²) in [5.74, 6) is 1.09. The van der Waals surface area contributed by atoms with Gasteiger partial charge in [0.1, 0.15) is 5.82 Å². The molecule has 4 N–H and O–H groups in total. The van der Waals surface area contributed by atoms with Crippen LogP contribution in [0.25, 0.3) is 0 Å². The van der Waals surface area contributed by atoms with Gasteiger partial charge in [0, 0.05) is 28.8 Å². The minimum absolute atomic E-state index is 0.303. The fraction of sp³-hybridized carbons (Fsp3) is 0.167. The van der Waals surface area contributed by atoms with E-state index in [1.165, 1.54) is 0 Å². The van der Waals surface area contributed by atoms with Crippen LogP contribution in [0, 0.1) is 0 Å². The summed E-state index contributed by atoms with van der Waals surface area (Å²) in [7, 11) is 0. The highest BCUT2D eigenvalue weighted by Gasteiger charge is 2.18. The molecule has 0 saturated carbocycles. The Bertz CT molecular complexity index is 582. The van der Waals surface area contributed by atoms with E-state index >= 15 is 0 Å². The number of anilines is 3. The summed E-state index contributed by atoms with van der Waals surface area (Å²) in [6.45, 7) is 1.52. The number of aromatic nitrogens is 2. The van der Waals surface area contributed by atoms with Crippen molar-refractivity contribution in [3.63, 3.8) is 0 Å². The predicted octanol–water partition coefficient (Wildman–Crippen LogP) is 2.17. The topological polar surface area (TPSA) is 75.9 Å². The Kier molecular flexibility index (Phi) is 2.89. The minimum atomic E-state index is 0.303.